The number of likely N-dealkylation sites (tertiary alicyclic amines) is 1. The summed E-state index contributed by atoms with van der Waals surface area (Å²) in [4.78, 5) is 4.62. The molecule has 0 atom stereocenters. The highest BCUT2D eigenvalue weighted by Gasteiger charge is 2.22. The maximum Gasteiger partial charge on any atom is 0.00312 e. The van der Waals surface area contributed by atoms with Crippen LogP contribution in [0.4, 0.5) is 0 Å². The fourth-order valence-electron chi connectivity index (χ4n) is 1.46. The van der Waals surface area contributed by atoms with Gasteiger partial charge in [-0.3, -0.25) is 0 Å². The van der Waals surface area contributed by atoms with Crippen LogP contribution < -0.4 is 0 Å². The highest BCUT2D eigenvalue weighted by atomic mass is 15.2. The summed E-state index contributed by atoms with van der Waals surface area (Å²) in [7, 11) is 6.45. The van der Waals surface area contributed by atoms with Crippen LogP contribution in [0.1, 0.15) is 13.8 Å². The first kappa shape index (κ1) is 10.9. The molecule has 1 rings (SSSR count). The van der Waals surface area contributed by atoms with Crippen LogP contribution in [0.5, 0.6) is 0 Å². The van der Waals surface area contributed by atoms with Crippen LogP contribution in [0.3, 0.4) is 0 Å². The average molecular weight is 158 g/mol. The van der Waals surface area contributed by atoms with Crippen LogP contribution in [0, 0.1) is 5.92 Å². The molecule has 1 heterocycles. The van der Waals surface area contributed by atoms with Gasteiger partial charge in [-0.05, 0) is 27.1 Å². The van der Waals surface area contributed by atoms with E-state index in [9.17, 15) is 0 Å². The lowest BCUT2D eigenvalue weighted by molar-refractivity contribution is 0.108. The second kappa shape index (κ2) is 5.56. The molecule has 0 bridgehead atoms. The highest BCUT2D eigenvalue weighted by molar-refractivity contribution is 4.77. The molecule has 0 N–H and O–H groups in total. The van der Waals surface area contributed by atoms with Crippen molar-refractivity contribution in [1.29, 1.82) is 0 Å². The van der Waals surface area contributed by atoms with Crippen LogP contribution in [0.15, 0.2) is 0 Å². The fourth-order valence-corrected chi connectivity index (χ4v) is 1.46. The van der Waals surface area contributed by atoms with Crippen LogP contribution in [-0.4, -0.2) is 50.6 Å². The van der Waals surface area contributed by atoms with Crippen molar-refractivity contribution in [3.05, 3.63) is 0 Å². The third-order valence-corrected chi connectivity index (χ3v) is 1.76. The zero-order valence-electron chi connectivity index (χ0n) is 8.59. The van der Waals surface area contributed by atoms with Crippen molar-refractivity contribution in [3.8, 4) is 0 Å². The molecule has 0 spiro atoms. The third kappa shape index (κ3) is 4.38. The van der Waals surface area contributed by atoms with E-state index in [0.29, 0.717) is 0 Å². The first-order valence-electron chi connectivity index (χ1n) is 4.52. The lowest BCUT2D eigenvalue weighted by atomic mass is 10.0. The normalized spacial score (nSPS) is 19.1. The number of hydrogen-bond acceptors (Lipinski definition) is 2. The molecule has 0 aromatic heterocycles. The van der Waals surface area contributed by atoms with Gasteiger partial charge in [0, 0.05) is 19.6 Å². The molecule has 0 aliphatic carbocycles. The molecule has 11 heavy (non-hydrogen) atoms. The van der Waals surface area contributed by atoms with Gasteiger partial charge in [0.25, 0.3) is 0 Å². The summed E-state index contributed by atoms with van der Waals surface area (Å²) >= 11 is 0. The molecular formula is C9H22N2. The summed E-state index contributed by atoms with van der Waals surface area (Å²) in [6, 6.07) is 0. The van der Waals surface area contributed by atoms with E-state index in [1.165, 1.54) is 19.6 Å². The Morgan fingerprint density at radius 1 is 1.27 bits per heavy atom. The molecule has 1 aliphatic heterocycles. The standard InChI is InChI=1S/C7H16N2.C2H6/c1-8(2)4-7-5-9(3)6-7;1-2/h7H,4-6H2,1-3H3;1-2H3. The summed E-state index contributed by atoms with van der Waals surface area (Å²) in [6.45, 7) is 7.83. The minimum atomic E-state index is 0.935. The minimum Gasteiger partial charge on any atom is -0.309 e. The molecule has 0 saturated carbocycles. The van der Waals surface area contributed by atoms with Crippen molar-refractivity contribution in [3.63, 3.8) is 0 Å². The van der Waals surface area contributed by atoms with E-state index in [1.54, 1.807) is 0 Å². The van der Waals surface area contributed by atoms with Gasteiger partial charge in [-0.25, -0.2) is 0 Å². The number of nitrogens with zero attached hydrogens (tertiary/aromatic N) is 2. The SMILES string of the molecule is CC.CN(C)CC1CN(C)C1. The number of rotatable bonds is 2. The van der Waals surface area contributed by atoms with Crippen molar-refractivity contribution < 1.29 is 0 Å². The Morgan fingerprint density at radius 2 is 1.73 bits per heavy atom. The summed E-state index contributed by atoms with van der Waals surface area (Å²) < 4.78 is 0. The van der Waals surface area contributed by atoms with Gasteiger partial charge in [-0.1, -0.05) is 13.8 Å². The Morgan fingerprint density at radius 3 is 2.00 bits per heavy atom. The molecule has 1 fully saturated rings. The quantitative estimate of drug-likeness (QED) is 0.594. The van der Waals surface area contributed by atoms with Gasteiger partial charge < -0.3 is 9.80 Å². The molecule has 0 amide bonds. The average Bonchev–Trinajstić information content (AvgIpc) is 1.88. The molecule has 0 radical (unpaired) electrons. The molecular weight excluding hydrogens is 136 g/mol. The largest absolute Gasteiger partial charge is 0.309 e. The van der Waals surface area contributed by atoms with E-state index in [-0.39, 0.29) is 0 Å². The highest BCUT2D eigenvalue weighted by Crippen LogP contribution is 2.12. The lowest BCUT2D eigenvalue weighted by Crippen LogP contribution is -2.47. The first-order chi connectivity index (χ1) is 5.18. The van der Waals surface area contributed by atoms with E-state index < -0.39 is 0 Å². The Hall–Kier alpha value is -0.0800. The van der Waals surface area contributed by atoms with Gasteiger partial charge >= 0.3 is 0 Å². The summed E-state index contributed by atoms with van der Waals surface area (Å²) in [5.74, 6) is 0.935. The topological polar surface area (TPSA) is 6.48 Å². The van der Waals surface area contributed by atoms with Crippen molar-refractivity contribution in [2.24, 2.45) is 5.92 Å². The predicted octanol–water partition coefficient (Wildman–Crippen LogP) is 1.14. The van der Waals surface area contributed by atoms with Crippen molar-refractivity contribution in [1.82, 2.24) is 9.80 Å². The van der Waals surface area contributed by atoms with Crippen LogP contribution in [0.2, 0.25) is 0 Å². The van der Waals surface area contributed by atoms with Gasteiger partial charge in [0.1, 0.15) is 0 Å². The molecule has 2 heteroatoms. The Balaban J connectivity index is 0.000000461. The smallest absolute Gasteiger partial charge is 0.00312 e. The third-order valence-electron chi connectivity index (χ3n) is 1.76. The summed E-state index contributed by atoms with van der Waals surface area (Å²) in [5, 5.41) is 0. The Bertz CT molecular complexity index is 85.6. The first-order valence-corrected chi connectivity index (χ1v) is 4.52. The van der Waals surface area contributed by atoms with Crippen molar-refractivity contribution in [2.45, 2.75) is 13.8 Å². The van der Waals surface area contributed by atoms with E-state index in [0.717, 1.165) is 5.92 Å². The molecule has 0 unspecified atom stereocenters. The Kier molecular flexibility index (Phi) is 5.51. The minimum absolute atomic E-state index is 0.935. The summed E-state index contributed by atoms with van der Waals surface area (Å²) in [6.07, 6.45) is 0. The van der Waals surface area contributed by atoms with Crippen LogP contribution in [0.25, 0.3) is 0 Å². The van der Waals surface area contributed by atoms with Gasteiger partial charge in [-0.2, -0.15) is 0 Å². The molecule has 1 aliphatic rings. The van der Waals surface area contributed by atoms with Crippen molar-refractivity contribution >= 4 is 0 Å². The maximum atomic E-state index is 2.36. The molecule has 0 aromatic rings. The molecule has 1 saturated heterocycles. The van der Waals surface area contributed by atoms with E-state index in [2.05, 4.69) is 30.9 Å². The van der Waals surface area contributed by atoms with Crippen LogP contribution >= 0.6 is 0 Å². The summed E-state index contributed by atoms with van der Waals surface area (Å²) in [5.41, 5.74) is 0. The van der Waals surface area contributed by atoms with Crippen molar-refractivity contribution in [2.75, 3.05) is 40.8 Å². The molecule has 68 valence electrons. The monoisotopic (exact) mass is 158 g/mol. The lowest BCUT2D eigenvalue weighted by Gasteiger charge is -2.37. The van der Waals surface area contributed by atoms with Gasteiger partial charge in [-0.15, -0.1) is 0 Å². The van der Waals surface area contributed by atoms with E-state index in [1.807, 2.05) is 13.8 Å². The number of hydrogen-bond donors (Lipinski definition) is 0. The Labute approximate surface area is 71.2 Å². The molecule has 2 nitrogen and oxygen atoms in total. The zero-order valence-corrected chi connectivity index (χ0v) is 8.59. The second-order valence-corrected chi connectivity index (χ2v) is 3.35. The van der Waals surface area contributed by atoms with Gasteiger partial charge in [0.05, 0.1) is 0 Å². The fraction of sp³-hybridized carbons (Fsp3) is 1.00. The van der Waals surface area contributed by atoms with Gasteiger partial charge in [0.2, 0.25) is 0 Å². The maximum absolute atomic E-state index is 2.36. The predicted molar refractivity (Wildman–Crippen MR) is 50.9 cm³/mol. The van der Waals surface area contributed by atoms with E-state index in [4.69, 9.17) is 0 Å². The zero-order chi connectivity index (χ0) is 8.85. The van der Waals surface area contributed by atoms with E-state index >= 15 is 0 Å². The van der Waals surface area contributed by atoms with Gasteiger partial charge in [0.15, 0.2) is 0 Å². The molecule has 0 aromatic carbocycles. The van der Waals surface area contributed by atoms with Crippen LogP contribution in [-0.2, 0) is 0 Å². The second-order valence-electron chi connectivity index (χ2n) is 3.35.